The second-order valence-corrected chi connectivity index (χ2v) is 7.05. The van der Waals surface area contributed by atoms with E-state index in [4.69, 9.17) is 16.3 Å². The number of ether oxygens (including phenoxy) is 1. The predicted octanol–water partition coefficient (Wildman–Crippen LogP) is 1.66. The van der Waals surface area contributed by atoms with Crippen LogP contribution in [0, 0.1) is 6.92 Å². The van der Waals surface area contributed by atoms with Gasteiger partial charge in [-0.2, -0.15) is 4.98 Å². The van der Waals surface area contributed by atoms with Crippen molar-refractivity contribution >= 4 is 34.4 Å². The number of anilines is 2. The predicted molar refractivity (Wildman–Crippen MR) is 104 cm³/mol. The van der Waals surface area contributed by atoms with Crippen molar-refractivity contribution in [2.24, 2.45) is 7.05 Å². The topological polar surface area (TPSA) is 74.3 Å². The minimum absolute atomic E-state index is 0.204. The first-order valence-corrected chi connectivity index (χ1v) is 9.04. The second kappa shape index (κ2) is 6.54. The molecule has 8 nitrogen and oxygen atoms in total. The van der Waals surface area contributed by atoms with E-state index in [2.05, 4.69) is 4.98 Å². The largest absolute Gasteiger partial charge is 0.383 e. The van der Waals surface area contributed by atoms with Crippen molar-refractivity contribution in [3.8, 4) is 0 Å². The quantitative estimate of drug-likeness (QED) is 0.678. The maximum atomic E-state index is 13.0. The fourth-order valence-corrected chi connectivity index (χ4v) is 3.73. The Kier molecular flexibility index (Phi) is 4.32. The van der Waals surface area contributed by atoms with Gasteiger partial charge >= 0.3 is 5.69 Å². The maximum absolute atomic E-state index is 13.0. The lowest BCUT2D eigenvalue weighted by Gasteiger charge is -2.18. The zero-order chi connectivity index (χ0) is 19.3. The number of rotatable bonds is 4. The molecular weight excluding hydrogens is 370 g/mol. The summed E-state index contributed by atoms with van der Waals surface area (Å²) in [5.41, 5.74) is 2.09. The molecule has 0 atom stereocenters. The number of aryl methyl sites for hydroxylation is 2. The fourth-order valence-electron chi connectivity index (χ4n) is 3.56. The van der Waals surface area contributed by atoms with Crippen molar-refractivity contribution < 1.29 is 4.74 Å². The molecular formula is C18H20ClN5O3. The summed E-state index contributed by atoms with van der Waals surface area (Å²) in [5.74, 6) is 0.645. The summed E-state index contributed by atoms with van der Waals surface area (Å²) in [4.78, 5) is 32.2. The normalized spacial score (nSPS) is 13.6. The highest BCUT2D eigenvalue weighted by molar-refractivity contribution is 6.30. The van der Waals surface area contributed by atoms with Crippen LogP contribution in [0.1, 0.15) is 5.56 Å². The SMILES string of the molecule is COCCn1c(=O)c2c(nc3n2CCN3c2cc(Cl)ccc2C)n(C)c1=O. The second-order valence-electron chi connectivity index (χ2n) is 6.61. The molecule has 0 unspecified atom stereocenters. The van der Waals surface area contributed by atoms with Crippen molar-refractivity contribution in [2.75, 3.05) is 25.2 Å². The number of hydrogen-bond donors (Lipinski definition) is 0. The number of halogens is 1. The van der Waals surface area contributed by atoms with Crippen LogP contribution in [0.15, 0.2) is 27.8 Å². The lowest BCUT2D eigenvalue weighted by Crippen LogP contribution is -2.40. The summed E-state index contributed by atoms with van der Waals surface area (Å²) in [5, 5.41) is 0.638. The summed E-state index contributed by atoms with van der Waals surface area (Å²) in [6.45, 7) is 3.78. The van der Waals surface area contributed by atoms with E-state index >= 15 is 0 Å². The number of hydrogen-bond acceptors (Lipinski definition) is 5. The van der Waals surface area contributed by atoms with Crippen molar-refractivity contribution in [1.29, 1.82) is 0 Å². The van der Waals surface area contributed by atoms with E-state index in [-0.39, 0.29) is 18.7 Å². The van der Waals surface area contributed by atoms with Crippen molar-refractivity contribution in [1.82, 2.24) is 18.7 Å². The Morgan fingerprint density at radius 2 is 2.04 bits per heavy atom. The summed E-state index contributed by atoms with van der Waals surface area (Å²) in [6, 6.07) is 5.69. The number of nitrogens with zero attached hydrogens (tertiary/aromatic N) is 5. The number of benzene rings is 1. The van der Waals surface area contributed by atoms with Crippen molar-refractivity contribution in [3.05, 3.63) is 49.6 Å². The number of aromatic nitrogens is 4. The van der Waals surface area contributed by atoms with E-state index < -0.39 is 5.69 Å². The minimum Gasteiger partial charge on any atom is -0.383 e. The number of fused-ring (bicyclic) bond motifs is 3. The molecule has 4 rings (SSSR count). The third kappa shape index (κ3) is 2.67. The third-order valence-electron chi connectivity index (χ3n) is 4.98. The highest BCUT2D eigenvalue weighted by Crippen LogP contribution is 2.34. The van der Waals surface area contributed by atoms with Gasteiger partial charge in [-0.3, -0.25) is 13.9 Å². The zero-order valence-corrected chi connectivity index (χ0v) is 16.2. The molecule has 0 spiro atoms. The number of imidazole rings is 1. The Morgan fingerprint density at radius 3 is 2.78 bits per heavy atom. The summed E-state index contributed by atoms with van der Waals surface area (Å²) >= 11 is 6.18. The van der Waals surface area contributed by atoms with E-state index in [0.29, 0.717) is 35.2 Å². The molecule has 0 aliphatic carbocycles. The monoisotopic (exact) mass is 389 g/mol. The van der Waals surface area contributed by atoms with Crippen LogP contribution >= 0.6 is 11.6 Å². The first kappa shape index (κ1) is 17.8. The van der Waals surface area contributed by atoms with Gasteiger partial charge in [0.05, 0.1) is 13.2 Å². The first-order valence-electron chi connectivity index (χ1n) is 8.66. The van der Waals surface area contributed by atoms with Crippen LogP contribution in [0.5, 0.6) is 0 Å². The van der Waals surface area contributed by atoms with E-state index in [9.17, 15) is 9.59 Å². The summed E-state index contributed by atoms with van der Waals surface area (Å²) in [6.07, 6.45) is 0. The van der Waals surface area contributed by atoms with Crippen LogP contribution in [0.2, 0.25) is 5.02 Å². The van der Waals surface area contributed by atoms with Crippen LogP contribution in [-0.4, -0.2) is 38.9 Å². The van der Waals surface area contributed by atoms with E-state index in [0.717, 1.165) is 11.3 Å². The zero-order valence-electron chi connectivity index (χ0n) is 15.4. The van der Waals surface area contributed by atoms with E-state index in [1.165, 1.54) is 16.2 Å². The Hall–Kier alpha value is -2.58. The molecule has 1 aromatic carbocycles. The molecule has 3 aromatic rings. The molecule has 0 bridgehead atoms. The summed E-state index contributed by atoms with van der Waals surface area (Å²) in [7, 11) is 3.17. The molecule has 0 N–H and O–H groups in total. The summed E-state index contributed by atoms with van der Waals surface area (Å²) < 4.78 is 9.53. The van der Waals surface area contributed by atoms with Gasteiger partial charge in [0.25, 0.3) is 5.56 Å². The molecule has 0 radical (unpaired) electrons. The first-order chi connectivity index (χ1) is 12.9. The molecule has 0 fully saturated rings. The molecule has 1 aliphatic rings. The average molecular weight is 390 g/mol. The Morgan fingerprint density at radius 1 is 1.26 bits per heavy atom. The van der Waals surface area contributed by atoms with Gasteiger partial charge in [0.15, 0.2) is 11.2 Å². The van der Waals surface area contributed by atoms with Crippen LogP contribution in [-0.2, 0) is 24.9 Å². The fraction of sp³-hybridized carbons (Fsp3) is 0.389. The molecule has 0 amide bonds. The molecule has 2 aromatic heterocycles. The lowest BCUT2D eigenvalue weighted by atomic mass is 10.2. The van der Waals surface area contributed by atoms with Gasteiger partial charge in [-0.25, -0.2) is 4.79 Å². The molecule has 1 aliphatic heterocycles. The van der Waals surface area contributed by atoms with Crippen LogP contribution in [0.3, 0.4) is 0 Å². The number of methoxy groups -OCH3 is 1. The molecule has 9 heteroatoms. The van der Waals surface area contributed by atoms with Gasteiger partial charge < -0.3 is 14.2 Å². The van der Waals surface area contributed by atoms with Gasteiger partial charge in [0, 0.05) is 38.0 Å². The molecule has 0 saturated heterocycles. The molecule has 142 valence electrons. The minimum atomic E-state index is -0.396. The van der Waals surface area contributed by atoms with Gasteiger partial charge in [-0.1, -0.05) is 17.7 Å². The van der Waals surface area contributed by atoms with Gasteiger partial charge in [-0.05, 0) is 24.6 Å². The van der Waals surface area contributed by atoms with Crippen molar-refractivity contribution in [2.45, 2.75) is 20.0 Å². The third-order valence-corrected chi connectivity index (χ3v) is 5.22. The van der Waals surface area contributed by atoms with E-state index in [1.807, 2.05) is 34.6 Å². The smallest absolute Gasteiger partial charge is 0.332 e. The van der Waals surface area contributed by atoms with Crippen LogP contribution in [0.4, 0.5) is 11.6 Å². The Labute approximate surface area is 160 Å². The molecule has 27 heavy (non-hydrogen) atoms. The van der Waals surface area contributed by atoms with Gasteiger partial charge in [-0.15, -0.1) is 0 Å². The van der Waals surface area contributed by atoms with Crippen LogP contribution in [0.25, 0.3) is 11.2 Å². The highest BCUT2D eigenvalue weighted by Gasteiger charge is 2.29. The maximum Gasteiger partial charge on any atom is 0.332 e. The van der Waals surface area contributed by atoms with E-state index in [1.54, 1.807) is 7.05 Å². The Balaban J connectivity index is 1.94. The van der Waals surface area contributed by atoms with Gasteiger partial charge in [0.2, 0.25) is 5.95 Å². The van der Waals surface area contributed by atoms with Crippen molar-refractivity contribution in [3.63, 3.8) is 0 Å². The average Bonchev–Trinajstić information content (AvgIpc) is 3.21. The lowest BCUT2D eigenvalue weighted by molar-refractivity contribution is 0.184. The standard InChI is InChI=1S/C18H20ClN5O3/c1-11-4-5-12(19)10-13(11)22-6-7-23-14-15(20-17(22)23)21(2)18(26)24(16(14)25)8-9-27-3/h4-5,10H,6-9H2,1-3H3. The highest BCUT2D eigenvalue weighted by atomic mass is 35.5. The van der Waals surface area contributed by atoms with Gasteiger partial charge in [0.1, 0.15) is 0 Å². The Bertz CT molecular complexity index is 1160. The molecule has 3 heterocycles. The van der Waals surface area contributed by atoms with Crippen LogP contribution < -0.4 is 16.1 Å². The molecule has 0 saturated carbocycles.